The molecule has 2 fully saturated rings. The number of hydrogen-bond donors (Lipinski definition) is 0. The molecule has 3 heterocycles. The number of benzene rings is 1. The van der Waals surface area contributed by atoms with Crippen LogP contribution in [0.1, 0.15) is 30.9 Å². The molecule has 1 aromatic carbocycles. The topological polar surface area (TPSA) is 50.6 Å². The van der Waals surface area contributed by atoms with Crippen molar-refractivity contribution in [3.05, 3.63) is 53.6 Å². The van der Waals surface area contributed by atoms with E-state index >= 15 is 0 Å². The Kier molecular flexibility index (Phi) is 5.96. The SMILES string of the molecule is CCn1cc(CN2CCN(C(=O)C3(c4cccc(F)c4)CCOCC3)CC2)cn1. The average molecular weight is 400 g/mol. The van der Waals surface area contributed by atoms with Crippen molar-refractivity contribution in [3.63, 3.8) is 0 Å². The third-order valence-corrected chi connectivity index (χ3v) is 6.21. The average Bonchev–Trinajstić information content (AvgIpc) is 3.22. The first kappa shape index (κ1) is 20.0. The smallest absolute Gasteiger partial charge is 0.233 e. The minimum atomic E-state index is -0.676. The summed E-state index contributed by atoms with van der Waals surface area (Å²) in [7, 11) is 0. The molecule has 0 aliphatic carbocycles. The predicted octanol–water partition coefficient (Wildman–Crippen LogP) is 2.43. The molecule has 29 heavy (non-hydrogen) atoms. The molecular formula is C22H29FN4O2. The quantitative estimate of drug-likeness (QED) is 0.774. The van der Waals surface area contributed by atoms with E-state index in [0.29, 0.717) is 39.1 Å². The van der Waals surface area contributed by atoms with Crippen LogP contribution in [0.25, 0.3) is 0 Å². The van der Waals surface area contributed by atoms with E-state index in [4.69, 9.17) is 4.74 Å². The highest BCUT2D eigenvalue weighted by Gasteiger charge is 2.44. The van der Waals surface area contributed by atoms with E-state index in [0.717, 1.165) is 31.7 Å². The Hall–Kier alpha value is -2.25. The van der Waals surface area contributed by atoms with Crippen LogP contribution < -0.4 is 0 Å². The highest BCUT2D eigenvalue weighted by atomic mass is 19.1. The van der Waals surface area contributed by atoms with Gasteiger partial charge in [0.1, 0.15) is 5.82 Å². The Morgan fingerprint density at radius 2 is 1.97 bits per heavy atom. The molecule has 2 aliphatic heterocycles. The lowest BCUT2D eigenvalue weighted by Gasteiger charge is -2.43. The summed E-state index contributed by atoms with van der Waals surface area (Å²) in [6.45, 7) is 7.91. The monoisotopic (exact) mass is 400 g/mol. The summed E-state index contributed by atoms with van der Waals surface area (Å²) in [4.78, 5) is 17.9. The molecule has 1 aromatic heterocycles. The molecule has 0 radical (unpaired) electrons. The van der Waals surface area contributed by atoms with Crippen molar-refractivity contribution in [2.75, 3.05) is 39.4 Å². The normalized spacial score (nSPS) is 20.0. The van der Waals surface area contributed by atoms with Gasteiger partial charge in [-0.3, -0.25) is 14.4 Å². The number of halogens is 1. The fourth-order valence-corrected chi connectivity index (χ4v) is 4.46. The van der Waals surface area contributed by atoms with Gasteiger partial charge in [-0.05, 0) is 37.5 Å². The van der Waals surface area contributed by atoms with Gasteiger partial charge >= 0.3 is 0 Å². The van der Waals surface area contributed by atoms with Crippen molar-refractivity contribution in [2.24, 2.45) is 0 Å². The summed E-state index contributed by atoms with van der Waals surface area (Å²) in [5.41, 5.74) is 1.30. The fourth-order valence-electron chi connectivity index (χ4n) is 4.46. The number of piperazine rings is 1. The summed E-state index contributed by atoms with van der Waals surface area (Å²) in [6, 6.07) is 6.53. The number of aryl methyl sites for hydroxylation is 1. The van der Waals surface area contributed by atoms with Crippen LogP contribution in [-0.4, -0.2) is 64.9 Å². The minimum absolute atomic E-state index is 0.116. The summed E-state index contributed by atoms with van der Waals surface area (Å²) < 4.78 is 21.4. The van der Waals surface area contributed by atoms with Crippen molar-refractivity contribution in [2.45, 2.75) is 38.3 Å². The van der Waals surface area contributed by atoms with Crippen LogP contribution in [0.3, 0.4) is 0 Å². The Labute approximate surface area is 171 Å². The van der Waals surface area contributed by atoms with Gasteiger partial charge in [-0.1, -0.05) is 12.1 Å². The summed E-state index contributed by atoms with van der Waals surface area (Å²) in [5.74, 6) is -0.177. The predicted molar refractivity (Wildman–Crippen MR) is 108 cm³/mol. The first-order valence-corrected chi connectivity index (χ1v) is 10.5. The maximum atomic E-state index is 13.9. The number of ether oxygens (including phenoxy) is 1. The molecule has 0 N–H and O–H groups in total. The zero-order chi connectivity index (χ0) is 20.3. The van der Waals surface area contributed by atoms with Crippen LogP contribution in [0.5, 0.6) is 0 Å². The van der Waals surface area contributed by atoms with Crippen LogP contribution in [0, 0.1) is 5.82 Å². The first-order valence-electron chi connectivity index (χ1n) is 10.5. The number of aromatic nitrogens is 2. The number of rotatable bonds is 5. The van der Waals surface area contributed by atoms with E-state index in [2.05, 4.69) is 23.1 Å². The van der Waals surface area contributed by atoms with Gasteiger partial charge < -0.3 is 9.64 Å². The first-order chi connectivity index (χ1) is 14.1. The fraction of sp³-hybridized carbons (Fsp3) is 0.545. The third kappa shape index (κ3) is 4.21. The van der Waals surface area contributed by atoms with E-state index in [1.807, 2.05) is 21.8 Å². The van der Waals surface area contributed by atoms with E-state index in [-0.39, 0.29) is 11.7 Å². The molecule has 0 spiro atoms. The van der Waals surface area contributed by atoms with Crippen LogP contribution in [0.2, 0.25) is 0 Å². The molecule has 2 saturated heterocycles. The Morgan fingerprint density at radius 1 is 1.21 bits per heavy atom. The largest absolute Gasteiger partial charge is 0.381 e. The maximum Gasteiger partial charge on any atom is 0.233 e. The molecule has 0 atom stereocenters. The van der Waals surface area contributed by atoms with Gasteiger partial charge in [-0.2, -0.15) is 5.10 Å². The Bertz CT molecular complexity index is 839. The second-order valence-electron chi connectivity index (χ2n) is 7.98. The lowest BCUT2D eigenvalue weighted by molar-refractivity contribution is -0.143. The number of nitrogens with zero attached hydrogens (tertiary/aromatic N) is 4. The van der Waals surface area contributed by atoms with E-state index in [1.165, 1.54) is 17.7 Å². The zero-order valence-corrected chi connectivity index (χ0v) is 17.0. The molecule has 6 nitrogen and oxygen atoms in total. The van der Waals surface area contributed by atoms with Crippen molar-refractivity contribution >= 4 is 5.91 Å². The number of carbonyl (C=O) groups excluding carboxylic acids is 1. The standard InChI is InChI=1S/C22H29FN4O2/c1-2-27-17-18(15-24-27)16-25-8-10-26(11-9-25)21(28)22(6-12-29-13-7-22)19-4-3-5-20(23)14-19/h3-5,14-15,17H,2,6-13,16H2,1H3. The van der Waals surface area contributed by atoms with Crippen molar-refractivity contribution in [1.82, 2.24) is 19.6 Å². The van der Waals surface area contributed by atoms with Crippen molar-refractivity contribution < 1.29 is 13.9 Å². The maximum absolute atomic E-state index is 13.9. The van der Waals surface area contributed by atoms with Crippen molar-refractivity contribution in [3.8, 4) is 0 Å². The molecule has 0 saturated carbocycles. The zero-order valence-electron chi connectivity index (χ0n) is 17.0. The number of hydrogen-bond acceptors (Lipinski definition) is 4. The van der Waals surface area contributed by atoms with Crippen LogP contribution in [0.15, 0.2) is 36.7 Å². The lowest BCUT2D eigenvalue weighted by atomic mass is 9.73. The second-order valence-corrected chi connectivity index (χ2v) is 7.98. The van der Waals surface area contributed by atoms with Gasteiger partial charge in [-0.15, -0.1) is 0 Å². The number of amides is 1. The highest BCUT2D eigenvalue weighted by Crippen LogP contribution is 2.37. The van der Waals surface area contributed by atoms with E-state index < -0.39 is 5.41 Å². The van der Waals surface area contributed by atoms with Crippen LogP contribution >= 0.6 is 0 Å². The van der Waals surface area contributed by atoms with Crippen LogP contribution in [-0.2, 0) is 28.0 Å². The second kappa shape index (κ2) is 8.63. The van der Waals surface area contributed by atoms with Gasteiger partial charge in [0.15, 0.2) is 0 Å². The van der Waals surface area contributed by atoms with Crippen LogP contribution in [0.4, 0.5) is 4.39 Å². The van der Waals surface area contributed by atoms with Gasteiger partial charge in [0.05, 0.1) is 11.6 Å². The highest BCUT2D eigenvalue weighted by molar-refractivity contribution is 5.88. The lowest BCUT2D eigenvalue weighted by Crippen LogP contribution is -2.55. The van der Waals surface area contributed by atoms with E-state index in [1.54, 1.807) is 6.07 Å². The summed E-state index contributed by atoms with van der Waals surface area (Å²) >= 11 is 0. The molecule has 0 bridgehead atoms. The van der Waals surface area contributed by atoms with Gasteiger partial charge in [-0.25, -0.2) is 4.39 Å². The molecule has 2 aromatic rings. The summed E-state index contributed by atoms with van der Waals surface area (Å²) in [5, 5.41) is 4.34. The number of carbonyl (C=O) groups is 1. The Balaban J connectivity index is 1.44. The molecule has 0 unspecified atom stereocenters. The van der Waals surface area contributed by atoms with Crippen molar-refractivity contribution in [1.29, 1.82) is 0 Å². The molecule has 4 rings (SSSR count). The Morgan fingerprint density at radius 3 is 2.62 bits per heavy atom. The summed E-state index contributed by atoms with van der Waals surface area (Å²) in [6.07, 6.45) is 5.21. The molecule has 7 heteroatoms. The molecular weight excluding hydrogens is 371 g/mol. The van der Waals surface area contributed by atoms with E-state index in [9.17, 15) is 9.18 Å². The molecule has 156 valence electrons. The van der Waals surface area contributed by atoms with Gasteiger partial charge in [0, 0.05) is 64.2 Å². The third-order valence-electron chi connectivity index (χ3n) is 6.21. The minimum Gasteiger partial charge on any atom is -0.381 e. The molecule has 1 amide bonds. The van der Waals surface area contributed by atoms with Gasteiger partial charge in [0.2, 0.25) is 5.91 Å². The van der Waals surface area contributed by atoms with Gasteiger partial charge in [0.25, 0.3) is 0 Å². The molecule has 2 aliphatic rings.